The molecule has 0 heterocycles. The summed E-state index contributed by atoms with van der Waals surface area (Å²) < 4.78 is 9.93. The van der Waals surface area contributed by atoms with Gasteiger partial charge < -0.3 is 9.47 Å². The van der Waals surface area contributed by atoms with Crippen LogP contribution < -0.4 is 0 Å². The first kappa shape index (κ1) is 14.9. The van der Waals surface area contributed by atoms with Gasteiger partial charge in [0.2, 0.25) is 0 Å². The molecule has 0 saturated heterocycles. The highest BCUT2D eigenvalue weighted by Gasteiger charge is 2.27. The summed E-state index contributed by atoms with van der Waals surface area (Å²) in [6.07, 6.45) is 2.97. The van der Waals surface area contributed by atoms with Crippen LogP contribution in [-0.2, 0) is 19.1 Å². The molecule has 94 valence electrons. The Balaban J connectivity index is 4.04. The van der Waals surface area contributed by atoms with Gasteiger partial charge in [-0.1, -0.05) is 27.2 Å². The third-order valence-corrected chi connectivity index (χ3v) is 2.17. The van der Waals surface area contributed by atoms with Crippen LogP contribution in [0.15, 0.2) is 0 Å². The Morgan fingerprint density at radius 1 is 0.938 bits per heavy atom. The highest BCUT2D eigenvalue weighted by Crippen LogP contribution is 2.09. The van der Waals surface area contributed by atoms with Gasteiger partial charge in [0.05, 0.1) is 13.2 Å². The Morgan fingerprint density at radius 2 is 1.50 bits per heavy atom. The fourth-order valence-corrected chi connectivity index (χ4v) is 1.15. The molecule has 4 heteroatoms. The molecule has 1 atom stereocenters. The summed E-state index contributed by atoms with van der Waals surface area (Å²) in [6.45, 7) is 6.44. The molecule has 0 N–H and O–H groups in total. The summed E-state index contributed by atoms with van der Waals surface area (Å²) in [5, 5.41) is 0. The van der Waals surface area contributed by atoms with Crippen molar-refractivity contribution >= 4 is 11.9 Å². The predicted octanol–water partition coefficient (Wildman–Crippen LogP) is 2.31. The van der Waals surface area contributed by atoms with Crippen molar-refractivity contribution < 1.29 is 19.1 Å². The van der Waals surface area contributed by atoms with Crippen LogP contribution in [0.5, 0.6) is 0 Å². The van der Waals surface area contributed by atoms with Crippen molar-refractivity contribution in [2.24, 2.45) is 5.92 Å². The molecule has 0 aliphatic carbocycles. The Morgan fingerprint density at radius 3 is 1.94 bits per heavy atom. The van der Waals surface area contributed by atoms with E-state index in [-0.39, 0.29) is 0 Å². The Kier molecular flexibility index (Phi) is 8.58. The molecule has 0 aromatic heterocycles. The molecule has 0 aliphatic rings. The number of ether oxygens (including phenoxy) is 2. The minimum atomic E-state index is -0.761. The van der Waals surface area contributed by atoms with Crippen molar-refractivity contribution in [1.29, 1.82) is 0 Å². The fraction of sp³-hybridized carbons (Fsp3) is 0.833. The highest BCUT2D eigenvalue weighted by molar-refractivity contribution is 5.94. The normalized spacial score (nSPS) is 11.9. The van der Waals surface area contributed by atoms with Crippen LogP contribution in [-0.4, -0.2) is 25.2 Å². The van der Waals surface area contributed by atoms with E-state index < -0.39 is 17.9 Å². The third-order valence-electron chi connectivity index (χ3n) is 2.17. The maximum absolute atomic E-state index is 11.5. The molecule has 0 saturated carbocycles. The monoisotopic (exact) mass is 230 g/mol. The van der Waals surface area contributed by atoms with E-state index in [2.05, 4.69) is 0 Å². The maximum atomic E-state index is 11.5. The first-order valence-electron chi connectivity index (χ1n) is 6.00. The molecule has 0 aromatic carbocycles. The second kappa shape index (κ2) is 9.19. The van der Waals surface area contributed by atoms with Crippen LogP contribution in [0.1, 0.15) is 46.5 Å². The molecular weight excluding hydrogens is 208 g/mol. The maximum Gasteiger partial charge on any atom is 0.320 e. The van der Waals surface area contributed by atoms with E-state index in [1.54, 1.807) is 6.92 Å². The summed E-state index contributed by atoms with van der Waals surface area (Å²) in [6, 6.07) is 0. The van der Waals surface area contributed by atoms with Crippen molar-refractivity contribution in [1.82, 2.24) is 0 Å². The third kappa shape index (κ3) is 5.73. The lowest BCUT2D eigenvalue weighted by Crippen LogP contribution is -2.28. The van der Waals surface area contributed by atoms with Crippen molar-refractivity contribution in [2.45, 2.75) is 46.5 Å². The van der Waals surface area contributed by atoms with Crippen molar-refractivity contribution in [2.75, 3.05) is 13.2 Å². The minimum absolute atomic E-state index is 0.359. The summed E-state index contributed by atoms with van der Waals surface area (Å²) in [7, 11) is 0. The van der Waals surface area contributed by atoms with Gasteiger partial charge in [-0.3, -0.25) is 9.59 Å². The van der Waals surface area contributed by atoms with E-state index in [1.165, 1.54) is 0 Å². The van der Waals surface area contributed by atoms with Crippen molar-refractivity contribution in [3.8, 4) is 0 Å². The van der Waals surface area contributed by atoms with E-state index >= 15 is 0 Å². The van der Waals surface area contributed by atoms with Crippen LogP contribution >= 0.6 is 0 Å². The highest BCUT2D eigenvalue weighted by atomic mass is 16.6. The number of carbonyl (C=O) groups excluding carboxylic acids is 2. The lowest BCUT2D eigenvalue weighted by atomic mass is 10.1. The molecule has 0 radical (unpaired) electrons. The zero-order valence-electron chi connectivity index (χ0n) is 10.5. The van der Waals surface area contributed by atoms with E-state index in [4.69, 9.17) is 9.47 Å². The van der Waals surface area contributed by atoms with Crippen LogP contribution in [0.4, 0.5) is 0 Å². The van der Waals surface area contributed by atoms with Gasteiger partial charge in [-0.15, -0.1) is 0 Å². The first-order chi connectivity index (χ1) is 7.67. The Hall–Kier alpha value is -1.06. The fourth-order valence-electron chi connectivity index (χ4n) is 1.15. The summed E-state index contributed by atoms with van der Waals surface area (Å²) in [4.78, 5) is 23.0. The number of esters is 2. The Labute approximate surface area is 97.3 Å². The minimum Gasteiger partial charge on any atom is -0.465 e. The number of unbranched alkanes of at least 4 members (excludes halogenated alkanes) is 1. The number of hydrogen-bond acceptors (Lipinski definition) is 4. The van der Waals surface area contributed by atoms with Gasteiger partial charge in [-0.05, 0) is 19.3 Å². The summed E-state index contributed by atoms with van der Waals surface area (Å²) in [5.74, 6) is -1.69. The molecule has 0 fully saturated rings. The van der Waals surface area contributed by atoms with E-state index in [9.17, 15) is 9.59 Å². The van der Waals surface area contributed by atoms with Crippen LogP contribution in [0, 0.1) is 5.92 Å². The molecule has 0 aliphatic heterocycles. The summed E-state index contributed by atoms with van der Waals surface area (Å²) in [5.41, 5.74) is 0. The topological polar surface area (TPSA) is 52.6 Å². The summed E-state index contributed by atoms with van der Waals surface area (Å²) >= 11 is 0. The van der Waals surface area contributed by atoms with E-state index in [1.807, 2.05) is 13.8 Å². The molecule has 0 amide bonds. The smallest absolute Gasteiger partial charge is 0.320 e. The molecule has 1 unspecified atom stereocenters. The van der Waals surface area contributed by atoms with Crippen molar-refractivity contribution in [3.63, 3.8) is 0 Å². The van der Waals surface area contributed by atoms with Crippen molar-refractivity contribution in [3.05, 3.63) is 0 Å². The van der Waals surface area contributed by atoms with Gasteiger partial charge in [0.15, 0.2) is 5.92 Å². The first-order valence-corrected chi connectivity index (χ1v) is 6.00. The van der Waals surface area contributed by atoms with Crippen LogP contribution in [0.2, 0.25) is 0 Å². The molecule has 0 rings (SSSR count). The van der Waals surface area contributed by atoms with Gasteiger partial charge >= 0.3 is 11.9 Å². The van der Waals surface area contributed by atoms with Gasteiger partial charge in [-0.25, -0.2) is 0 Å². The van der Waals surface area contributed by atoms with Crippen LogP contribution in [0.25, 0.3) is 0 Å². The Bertz CT molecular complexity index is 213. The lowest BCUT2D eigenvalue weighted by molar-refractivity contribution is -0.162. The quantitative estimate of drug-likeness (QED) is 0.365. The van der Waals surface area contributed by atoms with Gasteiger partial charge in [0.25, 0.3) is 0 Å². The molecule has 0 bridgehead atoms. The van der Waals surface area contributed by atoms with E-state index in [0.717, 1.165) is 19.3 Å². The SMILES string of the molecule is CCCCOC(=O)C(CC)C(=O)OCCC. The zero-order valence-corrected chi connectivity index (χ0v) is 10.5. The molecule has 4 nitrogen and oxygen atoms in total. The molecule has 0 aromatic rings. The molecular formula is C12H22O4. The largest absolute Gasteiger partial charge is 0.465 e. The average molecular weight is 230 g/mol. The van der Waals surface area contributed by atoms with Gasteiger partial charge in [0, 0.05) is 0 Å². The number of carbonyl (C=O) groups is 2. The predicted molar refractivity (Wildman–Crippen MR) is 60.9 cm³/mol. The number of hydrogen-bond donors (Lipinski definition) is 0. The van der Waals surface area contributed by atoms with E-state index in [0.29, 0.717) is 19.6 Å². The van der Waals surface area contributed by atoms with Crippen LogP contribution in [0.3, 0.4) is 0 Å². The lowest BCUT2D eigenvalue weighted by Gasteiger charge is -2.13. The zero-order chi connectivity index (χ0) is 12.4. The standard InChI is InChI=1S/C12H22O4/c1-4-7-9-16-12(14)10(6-3)11(13)15-8-5-2/h10H,4-9H2,1-3H3. The number of rotatable bonds is 8. The molecule has 16 heavy (non-hydrogen) atoms. The van der Waals surface area contributed by atoms with Gasteiger partial charge in [0.1, 0.15) is 0 Å². The second-order valence-corrected chi connectivity index (χ2v) is 3.65. The van der Waals surface area contributed by atoms with Gasteiger partial charge in [-0.2, -0.15) is 0 Å². The average Bonchev–Trinajstić information content (AvgIpc) is 2.27. The molecule has 0 spiro atoms. The second-order valence-electron chi connectivity index (χ2n) is 3.65.